The lowest BCUT2D eigenvalue weighted by Crippen LogP contribution is -2.61. The van der Waals surface area contributed by atoms with Crippen molar-refractivity contribution in [1.29, 1.82) is 0 Å². The fourth-order valence-corrected chi connectivity index (χ4v) is 7.47. The molecule has 4 N–H and O–H groups in total. The number of amides is 2. The van der Waals surface area contributed by atoms with Gasteiger partial charge in [-0.2, -0.15) is 0 Å². The molecule has 6 aliphatic rings. The van der Waals surface area contributed by atoms with Crippen LogP contribution in [0, 0.1) is 11.8 Å². The Morgan fingerprint density at radius 3 is 2.79 bits per heavy atom. The summed E-state index contributed by atoms with van der Waals surface area (Å²) in [5.74, 6) is -3.03. The van der Waals surface area contributed by atoms with Crippen LogP contribution in [0.2, 0.25) is 0 Å². The third-order valence-electron chi connectivity index (χ3n) is 9.35. The lowest BCUT2D eigenvalue weighted by atomic mass is 9.77. The average Bonchev–Trinajstić information content (AvgIpc) is 3.37. The van der Waals surface area contributed by atoms with E-state index in [9.17, 15) is 23.9 Å². The van der Waals surface area contributed by atoms with E-state index in [2.05, 4.69) is 16.0 Å². The van der Waals surface area contributed by atoms with Crippen LogP contribution >= 0.6 is 11.6 Å². The molecule has 2 fully saturated rings. The highest BCUT2D eigenvalue weighted by molar-refractivity contribution is 6.31. The van der Waals surface area contributed by atoms with Gasteiger partial charge in [0, 0.05) is 31.1 Å². The smallest absolute Gasteiger partial charge is 0.408 e. The number of allylic oxidation sites excluding steroid dienone is 5. The number of aliphatic carboxylic acids is 1. The zero-order valence-corrected chi connectivity index (χ0v) is 23.8. The van der Waals surface area contributed by atoms with E-state index in [-0.39, 0.29) is 42.9 Å². The van der Waals surface area contributed by atoms with E-state index in [1.165, 1.54) is 12.2 Å². The average molecular weight is 605 g/mol. The molecule has 226 valence electrons. The SMILES string of the molecule is O=C1NC2C=CC(Cl)=C(F)C2[C@@]2(CCN(C(=O)C3CCCCC(C(=O)O)NC4=CCC(F)C=C4C4=CC3NCC4)C2)O1. The molecule has 0 aromatic rings. The van der Waals surface area contributed by atoms with Crippen LogP contribution in [0.4, 0.5) is 13.6 Å². The Bertz CT molecular complexity index is 1330. The minimum atomic E-state index is -1.24. The summed E-state index contributed by atoms with van der Waals surface area (Å²) >= 11 is 6.12. The number of halogens is 3. The highest BCUT2D eigenvalue weighted by Crippen LogP contribution is 2.46. The molecular weight excluding hydrogens is 570 g/mol. The second-order valence-electron chi connectivity index (χ2n) is 12.0. The quantitative estimate of drug-likeness (QED) is 0.379. The number of carbonyl (C=O) groups is 3. The molecule has 0 aromatic heterocycles. The molecule has 1 spiro atoms. The van der Waals surface area contributed by atoms with Crippen molar-refractivity contribution in [1.82, 2.24) is 20.9 Å². The van der Waals surface area contributed by atoms with Crippen molar-refractivity contribution in [3.05, 3.63) is 58.1 Å². The standard InChI is InChI=1S/C30H35ClF2N4O5/c31-20-6-8-22-25(26(20)33)30(42-29(41)36-22)10-12-37(15-30)27(38)18-3-1-2-4-23(28(39)40)35-21-7-5-17(32)14-19(21)16-9-11-34-24(18)13-16/h6-8,13-14,17-18,22-25,34-35H,1-5,9-12,15H2,(H,36,41)(H,39,40)/t17?,18?,22?,23?,24?,25?,30-/m0/s1. The normalized spacial score (nSPS) is 36.6. The van der Waals surface area contributed by atoms with Crippen LogP contribution in [0.25, 0.3) is 0 Å². The number of alkyl halides is 1. The van der Waals surface area contributed by atoms with Crippen molar-refractivity contribution in [2.24, 2.45) is 11.8 Å². The second kappa shape index (κ2) is 11.5. The molecule has 4 aliphatic heterocycles. The number of fused-ring (bicyclic) bond motifs is 5. The van der Waals surface area contributed by atoms with E-state index in [4.69, 9.17) is 16.3 Å². The minimum Gasteiger partial charge on any atom is -0.480 e. The van der Waals surface area contributed by atoms with E-state index in [0.717, 1.165) is 5.57 Å². The summed E-state index contributed by atoms with van der Waals surface area (Å²) in [4.78, 5) is 40.4. The number of nitrogens with one attached hydrogen (secondary N) is 3. The van der Waals surface area contributed by atoms with Crippen molar-refractivity contribution in [2.75, 3.05) is 19.6 Å². The van der Waals surface area contributed by atoms with Gasteiger partial charge < -0.3 is 30.7 Å². The Kier molecular flexibility index (Phi) is 7.91. The molecule has 2 aliphatic carbocycles. The number of hydrogen-bond acceptors (Lipinski definition) is 6. The number of carboxylic acid groups (broad SMARTS) is 1. The summed E-state index contributed by atoms with van der Waals surface area (Å²) in [6, 6.07) is -1.79. The first kappa shape index (κ1) is 28.9. The third-order valence-corrected chi connectivity index (χ3v) is 9.66. The maximum Gasteiger partial charge on any atom is 0.408 e. The molecule has 0 aromatic carbocycles. The van der Waals surface area contributed by atoms with Crippen LogP contribution in [0.5, 0.6) is 0 Å². The molecule has 42 heavy (non-hydrogen) atoms. The largest absolute Gasteiger partial charge is 0.480 e. The molecule has 0 saturated carbocycles. The van der Waals surface area contributed by atoms with Crippen molar-refractivity contribution in [3.63, 3.8) is 0 Å². The molecule has 2 amide bonds. The van der Waals surface area contributed by atoms with Crippen molar-refractivity contribution in [3.8, 4) is 0 Å². The number of ether oxygens (including phenoxy) is 1. The summed E-state index contributed by atoms with van der Waals surface area (Å²) in [6.45, 7) is 0.899. The van der Waals surface area contributed by atoms with Crippen LogP contribution in [-0.4, -0.2) is 77.5 Å². The Balaban J connectivity index is 1.29. The van der Waals surface area contributed by atoms with Gasteiger partial charge in [-0.1, -0.05) is 42.7 Å². The van der Waals surface area contributed by atoms with Gasteiger partial charge in [0.05, 0.1) is 29.5 Å². The predicted octanol–water partition coefficient (Wildman–Crippen LogP) is 3.75. The monoisotopic (exact) mass is 604 g/mol. The summed E-state index contributed by atoms with van der Waals surface area (Å²) in [7, 11) is 0. The first-order valence-corrected chi connectivity index (χ1v) is 15.0. The Labute approximate surface area is 247 Å². The minimum absolute atomic E-state index is 0.0399. The zero-order valence-electron chi connectivity index (χ0n) is 23.1. The lowest BCUT2D eigenvalue weighted by molar-refractivity contribution is -0.140. The number of hydrogen-bond donors (Lipinski definition) is 4. The predicted molar refractivity (Wildman–Crippen MR) is 151 cm³/mol. The number of carbonyl (C=O) groups excluding carboxylic acids is 2. The van der Waals surface area contributed by atoms with Crippen molar-refractivity contribution in [2.45, 2.75) is 74.8 Å². The molecule has 2 bridgehead atoms. The number of nitrogens with zero attached hydrogens (tertiary/aromatic N) is 1. The summed E-state index contributed by atoms with van der Waals surface area (Å²) in [5, 5.41) is 19.1. The fraction of sp³-hybridized carbons (Fsp3) is 0.567. The second-order valence-corrected chi connectivity index (χ2v) is 12.4. The Hall–Kier alpha value is -3.18. The van der Waals surface area contributed by atoms with E-state index in [0.29, 0.717) is 49.9 Å². The highest BCUT2D eigenvalue weighted by Gasteiger charge is 2.57. The Morgan fingerprint density at radius 1 is 1.17 bits per heavy atom. The van der Waals surface area contributed by atoms with Crippen LogP contribution in [0.15, 0.2) is 58.1 Å². The molecule has 9 nitrogen and oxygen atoms in total. The molecular formula is C30H35ClF2N4O5. The lowest BCUT2D eigenvalue weighted by Gasteiger charge is -2.45. The van der Waals surface area contributed by atoms with Crippen LogP contribution < -0.4 is 16.0 Å². The zero-order chi connectivity index (χ0) is 29.6. The summed E-state index contributed by atoms with van der Waals surface area (Å²) < 4.78 is 35.6. The molecule has 12 heteroatoms. The van der Waals surface area contributed by atoms with Crippen molar-refractivity contribution < 1.29 is 33.0 Å². The van der Waals surface area contributed by atoms with Crippen LogP contribution in [0.1, 0.15) is 44.9 Å². The van der Waals surface area contributed by atoms with Gasteiger partial charge in [-0.15, -0.1) is 0 Å². The van der Waals surface area contributed by atoms with Crippen molar-refractivity contribution >= 4 is 29.6 Å². The van der Waals surface area contributed by atoms with E-state index in [1.807, 2.05) is 6.08 Å². The number of alkyl carbamates (subject to hydrolysis) is 1. The third kappa shape index (κ3) is 5.37. The molecule has 4 heterocycles. The first-order chi connectivity index (χ1) is 20.1. The molecule has 0 radical (unpaired) electrons. The molecule has 2 saturated heterocycles. The maximum atomic E-state index is 15.4. The number of carboxylic acids is 1. The van der Waals surface area contributed by atoms with E-state index in [1.54, 1.807) is 17.1 Å². The van der Waals surface area contributed by atoms with Gasteiger partial charge in [0.25, 0.3) is 0 Å². The fourth-order valence-electron chi connectivity index (χ4n) is 7.28. The summed E-state index contributed by atoms with van der Waals surface area (Å²) in [5.41, 5.74) is 0.889. The highest BCUT2D eigenvalue weighted by atomic mass is 35.5. The van der Waals surface area contributed by atoms with Gasteiger partial charge in [-0.3, -0.25) is 4.79 Å². The molecule has 6 rings (SSSR count). The summed E-state index contributed by atoms with van der Waals surface area (Å²) in [6.07, 6.45) is 9.58. The maximum absolute atomic E-state index is 15.4. The van der Waals surface area contributed by atoms with Gasteiger partial charge in [0.2, 0.25) is 5.91 Å². The molecule has 6 unspecified atom stereocenters. The van der Waals surface area contributed by atoms with Gasteiger partial charge in [0.1, 0.15) is 23.6 Å². The van der Waals surface area contributed by atoms with Gasteiger partial charge in [0.15, 0.2) is 0 Å². The Morgan fingerprint density at radius 2 is 1.98 bits per heavy atom. The van der Waals surface area contributed by atoms with Gasteiger partial charge in [-0.25, -0.2) is 18.4 Å². The van der Waals surface area contributed by atoms with Gasteiger partial charge >= 0.3 is 12.1 Å². The topological polar surface area (TPSA) is 120 Å². The van der Waals surface area contributed by atoms with Crippen LogP contribution in [0.3, 0.4) is 0 Å². The van der Waals surface area contributed by atoms with Crippen LogP contribution in [-0.2, 0) is 14.3 Å². The van der Waals surface area contributed by atoms with E-state index >= 15 is 4.39 Å². The van der Waals surface area contributed by atoms with E-state index < -0.39 is 53.6 Å². The number of likely N-dealkylation sites (tertiary alicyclic amines) is 1. The van der Waals surface area contributed by atoms with Gasteiger partial charge in [-0.05, 0) is 49.1 Å². The number of rotatable bonds is 2. The first-order valence-electron chi connectivity index (χ1n) is 14.7. The molecule has 7 atom stereocenters.